The third kappa shape index (κ3) is 5.04. The number of hydrogen-bond acceptors (Lipinski definition) is 4. The summed E-state index contributed by atoms with van der Waals surface area (Å²) in [6, 6.07) is 8.41. The van der Waals surface area contributed by atoms with Crippen LogP contribution in [0.25, 0.3) is 11.0 Å². The average molecular weight is 500 g/mol. The molecule has 2 aromatic heterocycles. The van der Waals surface area contributed by atoms with Gasteiger partial charge in [-0.05, 0) is 73.6 Å². The van der Waals surface area contributed by atoms with Crippen molar-refractivity contribution in [2.45, 2.75) is 51.3 Å². The van der Waals surface area contributed by atoms with Crippen molar-refractivity contribution >= 4 is 34.5 Å². The summed E-state index contributed by atoms with van der Waals surface area (Å²) < 4.78 is 21.9. The van der Waals surface area contributed by atoms with Crippen LogP contribution in [0.4, 0.5) is 4.39 Å². The third-order valence-corrected chi connectivity index (χ3v) is 7.31. The molecular weight excluding hydrogens is 473 g/mol. The molecule has 7 nitrogen and oxygen atoms in total. The molecule has 0 saturated heterocycles. The Hall–Kier alpha value is -2.97. The number of hydrogen-bond donors (Lipinski definition) is 1. The van der Waals surface area contributed by atoms with Gasteiger partial charge in [-0.2, -0.15) is 0 Å². The minimum atomic E-state index is -0.756. The van der Waals surface area contributed by atoms with Crippen molar-refractivity contribution in [3.63, 3.8) is 0 Å². The molecule has 1 N–H and O–H groups in total. The summed E-state index contributed by atoms with van der Waals surface area (Å²) in [6.45, 7) is 1.38. The molecule has 0 bridgehead atoms. The number of benzene rings is 1. The Balaban J connectivity index is 1.31. The molecule has 0 unspecified atom stereocenters. The predicted molar refractivity (Wildman–Crippen MR) is 129 cm³/mol. The van der Waals surface area contributed by atoms with Crippen molar-refractivity contribution in [1.82, 2.24) is 14.5 Å². The molecule has 1 amide bonds. The van der Waals surface area contributed by atoms with E-state index in [-0.39, 0.29) is 24.5 Å². The van der Waals surface area contributed by atoms with E-state index in [1.165, 1.54) is 12.1 Å². The summed E-state index contributed by atoms with van der Waals surface area (Å²) >= 11 is 6.08. The van der Waals surface area contributed by atoms with Crippen molar-refractivity contribution in [3.05, 3.63) is 64.2 Å². The number of carbonyl (C=O) groups excluding carboxylic acids is 1. The van der Waals surface area contributed by atoms with Crippen molar-refractivity contribution in [3.8, 4) is 0 Å². The number of carbonyl (C=O) groups is 2. The summed E-state index contributed by atoms with van der Waals surface area (Å²) in [4.78, 5) is 30.5. The number of aromatic nitrogens is 2. The highest BCUT2D eigenvalue weighted by Gasteiger charge is 2.30. The van der Waals surface area contributed by atoms with Crippen LogP contribution in [0.5, 0.6) is 0 Å². The van der Waals surface area contributed by atoms with Gasteiger partial charge in [-0.25, -0.2) is 9.37 Å². The van der Waals surface area contributed by atoms with E-state index >= 15 is 0 Å². The number of ether oxygens (including phenoxy) is 1. The van der Waals surface area contributed by atoms with Crippen LogP contribution in [0.3, 0.4) is 0 Å². The fraction of sp³-hybridized carbons (Fsp3) is 0.423. The first-order valence-electron chi connectivity index (χ1n) is 11.9. The van der Waals surface area contributed by atoms with Gasteiger partial charge in [-0.1, -0.05) is 11.6 Å². The number of halogens is 2. The SMILES string of the molecule is O=C(O)C1CCC(OCC(=O)N2CCc3c(n(Cc4cc(F)cc(Cl)c4)c4ncccc34)C2)CC1. The summed E-state index contributed by atoms with van der Waals surface area (Å²) in [7, 11) is 0. The van der Waals surface area contributed by atoms with Gasteiger partial charge in [0.2, 0.25) is 5.91 Å². The van der Waals surface area contributed by atoms with Gasteiger partial charge in [0.15, 0.2) is 0 Å². The number of pyridine rings is 1. The Morgan fingerprint density at radius 3 is 2.74 bits per heavy atom. The molecule has 3 heterocycles. The highest BCUT2D eigenvalue weighted by Crippen LogP contribution is 2.31. The summed E-state index contributed by atoms with van der Waals surface area (Å²) in [5, 5.41) is 10.5. The van der Waals surface area contributed by atoms with Gasteiger partial charge in [-0.15, -0.1) is 0 Å². The second-order valence-electron chi connectivity index (χ2n) is 9.35. The molecule has 184 valence electrons. The van der Waals surface area contributed by atoms with Crippen molar-refractivity contribution in [1.29, 1.82) is 0 Å². The minimum absolute atomic E-state index is 0.0181. The number of carboxylic acid groups (broad SMARTS) is 1. The topological polar surface area (TPSA) is 84.7 Å². The highest BCUT2D eigenvalue weighted by atomic mass is 35.5. The smallest absolute Gasteiger partial charge is 0.306 e. The largest absolute Gasteiger partial charge is 0.481 e. The summed E-state index contributed by atoms with van der Waals surface area (Å²) in [5.41, 5.74) is 3.68. The monoisotopic (exact) mass is 499 g/mol. The maximum Gasteiger partial charge on any atom is 0.306 e. The van der Waals surface area contributed by atoms with E-state index in [1.807, 2.05) is 16.7 Å². The summed E-state index contributed by atoms with van der Waals surface area (Å²) in [6.07, 6.45) is 4.83. The summed E-state index contributed by atoms with van der Waals surface area (Å²) in [5.74, 6) is -1.55. The van der Waals surface area contributed by atoms with E-state index < -0.39 is 11.8 Å². The molecule has 9 heteroatoms. The Bertz CT molecular complexity index is 1250. The lowest BCUT2D eigenvalue weighted by molar-refractivity contribution is -0.146. The lowest BCUT2D eigenvalue weighted by Crippen LogP contribution is -2.40. The lowest BCUT2D eigenvalue weighted by atomic mass is 9.87. The van der Waals surface area contributed by atoms with Crippen LogP contribution in [-0.4, -0.2) is 50.7 Å². The van der Waals surface area contributed by atoms with E-state index in [2.05, 4.69) is 4.98 Å². The zero-order valence-electron chi connectivity index (χ0n) is 19.3. The standard InChI is InChI=1S/C26H27ClFN3O4/c27-18-10-16(11-19(28)12-18)13-31-23-14-30(9-7-21(23)22-2-1-8-29-25(22)31)24(32)15-35-20-5-3-17(4-6-20)26(33)34/h1-2,8,10-12,17,20H,3-7,9,13-15H2,(H,33,34). The van der Waals surface area contributed by atoms with Gasteiger partial charge >= 0.3 is 5.97 Å². The van der Waals surface area contributed by atoms with E-state index in [0.717, 1.165) is 27.9 Å². The van der Waals surface area contributed by atoms with Gasteiger partial charge in [0.05, 0.1) is 18.6 Å². The third-order valence-electron chi connectivity index (χ3n) is 7.10. The van der Waals surface area contributed by atoms with E-state index in [1.54, 1.807) is 17.2 Å². The number of amides is 1. The molecule has 0 radical (unpaired) electrons. The average Bonchev–Trinajstić information content (AvgIpc) is 3.15. The van der Waals surface area contributed by atoms with Crippen LogP contribution in [0.2, 0.25) is 5.02 Å². The maximum atomic E-state index is 14.0. The number of aliphatic carboxylic acids is 1. The van der Waals surface area contributed by atoms with E-state index in [4.69, 9.17) is 21.4 Å². The Morgan fingerprint density at radius 1 is 1.20 bits per heavy atom. The first-order valence-corrected chi connectivity index (χ1v) is 12.3. The number of rotatable bonds is 6. The van der Waals surface area contributed by atoms with Gasteiger partial charge in [0, 0.05) is 35.4 Å². The van der Waals surface area contributed by atoms with E-state index in [9.17, 15) is 14.0 Å². The number of fused-ring (bicyclic) bond motifs is 3. The van der Waals surface area contributed by atoms with Gasteiger partial charge in [0.25, 0.3) is 0 Å². The predicted octanol–water partition coefficient (Wildman–Crippen LogP) is 4.42. The fourth-order valence-electron chi connectivity index (χ4n) is 5.29. The van der Waals surface area contributed by atoms with Gasteiger partial charge in [-0.3, -0.25) is 9.59 Å². The quantitative estimate of drug-likeness (QED) is 0.542. The molecule has 35 heavy (non-hydrogen) atoms. The first-order chi connectivity index (χ1) is 16.9. The Kier molecular flexibility index (Phi) is 6.75. The van der Waals surface area contributed by atoms with Crippen LogP contribution in [0, 0.1) is 11.7 Å². The molecule has 0 atom stereocenters. The molecule has 1 aliphatic carbocycles. The van der Waals surface area contributed by atoms with Gasteiger partial charge < -0.3 is 19.3 Å². The van der Waals surface area contributed by atoms with Gasteiger partial charge in [0.1, 0.15) is 18.1 Å². The van der Waals surface area contributed by atoms with Crippen LogP contribution in [-0.2, 0) is 33.8 Å². The zero-order chi connectivity index (χ0) is 24.5. The highest BCUT2D eigenvalue weighted by molar-refractivity contribution is 6.30. The van der Waals surface area contributed by atoms with Crippen LogP contribution >= 0.6 is 11.6 Å². The minimum Gasteiger partial charge on any atom is -0.481 e. The molecule has 1 saturated carbocycles. The first kappa shape index (κ1) is 23.8. The van der Waals surface area contributed by atoms with Crippen molar-refractivity contribution < 1.29 is 23.8 Å². The van der Waals surface area contributed by atoms with Crippen molar-refractivity contribution in [2.75, 3.05) is 13.2 Å². The Labute approximate surface area is 207 Å². The second kappa shape index (κ2) is 9.95. The molecule has 0 spiro atoms. The van der Waals surface area contributed by atoms with Crippen LogP contribution in [0.15, 0.2) is 36.5 Å². The molecule has 3 aromatic rings. The molecule has 1 fully saturated rings. The van der Waals surface area contributed by atoms with Crippen molar-refractivity contribution in [2.24, 2.45) is 5.92 Å². The second-order valence-corrected chi connectivity index (χ2v) is 9.79. The fourth-order valence-corrected chi connectivity index (χ4v) is 5.53. The molecule has 1 aromatic carbocycles. The normalized spacial score (nSPS) is 20.1. The lowest BCUT2D eigenvalue weighted by Gasteiger charge is -2.30. The molecule has 2 aliphatic rings. The maximum absolute atomic E-state index is 14.0. The van der Waals surface area contributed by atoms with E-state index in [0.29, 0.717) is 56.8 Å². The van der Waals surface area contributed by atoms with Crippen LogP contribution in [0.1, 0.15) is 42.5 Å². The Morgan fingerprint density at radius 2 is 2.00 bits per heavy atom. The number of nitrogens with zero attached hydrogens (tertiary/aromatic N) is 3. The number of carboxylic acids is 1. The van der Waals surface area contributed by atoms with Crippen LogP contribution < -0.4 is 0 Å². The molecule has 5 rings (SSSR count). The molecular formula is C26H27ClFN3O4. The zero-order valence-corrected chi connectivity index (χ0v) is 20.0. The molecule has 1 aliphatic heterocycles.